The number of carbonyl (C=O) groups is 2. The predicted octanol–water partition coefficient (Wildman–Crippen LogP) is 2.52. The molecule has 132 valence electrons. The summed E-state index contributed by atoms with van der Waals surface area (Å²) in [5.74, 6) is -0.651. The maximum absolute atomic E-state index is 12.2. The van der Waals surface area contributed by atoms with E-state index in [1.54, 1.807) is 30.8 Å². The van der Waals surface area contributed by atoms with Crippen LogP contribution in [0.3, 0.4) is 0 Å². The minimum atomic E-state index is -0.617. The van der Waals surface area contributed by atoms with Crippen molar-refractivity contribution in [3.05, 3.63) is 34.7 Å². The second-order valence-electron chi connectivity index (χ2n) is 5.08. The lowest BCUT2D eigenvalue weighted by atomic mass is 10.2. The summed E-state index contributed by atoms with van der Waals surface area (Å²) in [5.41, 5.74) is 1.93. The molecule has 1 N–H and O–H groups in total. The second-order valence-corrected chi connectivity index (χ2v) is 6.16. The monoisotopic (exact) mass is 354 g/mol. The highest BCUT2D eigenvalue weighted by molar-refractivity contribution is 8.03. The lowest BCUT2D eigenvalue weighted by molar-refractivity contribution is -0.580. The summed E-state index contributed by atoms with van der Waals surface area (Å²) in [7, 11) is 0. The molecule has 0 unspecified atom stereocenters. The smallest absolute Gasteiger partial charge is 0.408 e. The van der Waals surface area contributed by atoms with Gasteiger partial charge in [0, 0.05) is 16.9 Å². The van der Waals surface area contributed by atoms with E-state index in [4.69, 9.17) is 9.47 Å². The molecule has 1 rings (SSSR count). The molecule has 0 atom stereocenters. The van der Waals surface area contributed by atoms with E-state index in [0.717, 1.165) is 22.9 Å². The van der Waals surface area contributed by atoms with Gasteiger partial charge in [0.15, 0.2) is 12.4 Å². The largest absolute Gasteiger partial charge is 0.497 e. The van der Waals surface area contributed by atoms with Gasteiger partial charge in [-0.25, -0.2) is 4.79 Å². The third kappa shape index (κ3) is 6.23. The highest BCUT2D eigenvalue weighted by Crippen LogP contribution is 2.19. The first kappa shape index (κ1) is 20.0. The zero-order chi connectivity index (χ0) is 18.1. The summed E-state index contributed by atoms with van der Waals surface area (Å²) in [6.07, 6.45) is 3.62. The molecule has 24 heavy (non-hydrogen) atoms. The molecule has 0 spiro atoms. The van der Waals surface area contributed by atoms with E-state index >= 15 is 0 Å². The van der Waals surface area contributed by atoms with E-state index in [9.17, 15) is 14.7 Å². The molecule has 0 saturated carbocycles. The van der Waals surface area contributed by atoms with Gasteiger partial charge in [0.1, 0.15) is 0 Å². The maximum atomic E-state index is 12.2. The van der Waals surface area contributed by atoms with Gasteiger partial charge in [-0.05, 0) is 33.8 Å². The van der Waals surface area contributed by atoms with Gasteiger partial charge in [-0.2, -0.15) is 4.57 Å². The molecule has 0 radical (unpaired) electrons. The summed E-state index contributed by atoms with van der Waals surface area (Å²) in [6.45, 7) is 7.76. The molecule has 1 aromatic heterocycles. The van der Waals surface area contributed by atoms with Crippen molar-refractivity contribution in [3.8, 4) is 0 Å². The van der Waals surface area contributed by atoms with Gasteiger partial charge in [-0.15, -0.1) is 0 Å². The van der Waals surface area contributed by atoms with E-state index in [2.05, 4.69) is 0 Å². The Bertz CT molecular complexity index is 607. The number of carbonyl (C=O) groups excluding carboxylic acids is 2. The Morgan fingerprint density at radius 2 is 1.71 bits per heavy atom. The first-order chi connectivity index (χ1) is 11.4. The van der Waals surface area contributed by atoms with Crippen molar-refractivity contribution in [1.29, 1.82) is 0 Å². The highest BCUT2D eigenvalue weighted by atomic mass is 32.2. The number of hydrogen-bond donors (Lipinski definition) is 1. The van der Waals surface area contributed by atoms with Crippen LogP contribution < -0.4 is 4.57 Å². The van der Waals surface area contributed by atoms with Gasteiger partial charge in [0.25, 0.3) is 0 Å². The molecule has 0 aliphatic rings. The van der Waals surface area contributed by atoms with Gasteiger partial charge in [-0.1, -0.05) is 11.8 Å². The van der Waals surface area contributed by atoms with Crippen LogP contribution in [0.5, 0.6) is 0 Å². The van der Waals surface area contributed by atoms with Gasteiger partial charge in [0.05, 0.1) is 19.6 Å². The zero-order valence-electron chi connectivity index (χ0n) is 14.5. The molecule has 1 aromatic rings. The second kappa shape index (κ2) is 9.97. The minimum absolute atomic E-state index is 0.0394. The summed E-state index contributed by atoms with van der Waals surface area (Å²) in [4.78, 5) is 23.6. The van der Waals surface area contributed by atoms with E-state index < -0.39 is 5.97 Å². The van der Waals surface area contributed by atoms with E-state index in [-0.39, 0.29) is 29.8 Å². The fourth-order valence-electron chi connectivity index (χ4n) is 2.07. The average molecular weight is 354 g/mol. The van der Waals surface area contributed by atoms with Crippen LogP contribution in [0.15, 0.2) is 23.6 Å². The average Bonchev–Trinajstić information content (AvgIpc) is 2.47. The Balaban J connectivity index is 3.03. The van der Waals surface area contributed by atoms with Crippen LogP contribution in [0.1, 0.15) is 31.4 Å². The quantitative estimate of drug-likeness (QED) is 0.335. The van der Waals surface area contributed by atoms with Crippen LogP contribution in [-0.4, -0.2) is 36.0 Å². The van der Waals surface area contributed by atoms with Crippen molar-refractivity contribution in [3.63, 3.8) is 0 Å². The minimum Gasteiger partial charge on any atom is -0.497 e. The van der Waals surface area contributed by atoms with Crippen LogP contribution in [0.25, 0.3) is 5.70 Å². The normalized spacial score (nSPS) is 11.7. The summed E-state index contributed by atoms with van der Waals surface area (Å²) >= 11 is 1.01. The van der Waals surface area contributed by atoms with Gasteiger partial charge < -0.3 is 14.6 Å². The van der Waals surface area contributed by atoms with Crippen LogP contribution in [0.2, 0.25) is 0 Å². The predicted molar refractivity (Wildman–Crippen MR) is 92.3 cm³/mol. The number of aromatic nitrogens is 1. The SMILES string of the molecule is CCOC(=O)CCS/C(O)=C(/C(=O)OCC)[n+]1cc(C)cc(C)c1. The Hall–Kier alpha value is -2.02. The fraction of sp³-hybridized carbons (Fsp3) is 0.471. The molecule has 0 saturated heterocycles. The molecule has 6 nitrogen and oxygen atoms in total. The lowest BCUT2D eigenvalue weighted by Gasteiger charge is -2.06. The van der Waals surface area contributed by atoms with E-state index in [0.29, 0.717) is 12.4 Å². The van der Waals surface area contributed by atoms with Crippen LogP contribution in [0, 0.1) is 13.8 Å². The van der Waals surface area contributed by atoms with Gasteiger partial charge in [-0.3, -0.25) is 4.79 Å². The summed E-state index contributed by atoms with van der Waals surface area (Å²) in [5, 5.41) is 10.2. The maximum Gasteiger partial charge on any atom is 0.408 e. The van der Waals surface area contributed by atoms with Crippen molar-refractivity contribution in [2.45, 2.75) is 34.1 Å². The van der Waals surface area contributed by atoms with Crippen LogP contribution >= 0.6 is 11.8 Å². The Morgan fingerprint density at radius 3 is 2.25 bits per heavy atom. The standard InChI is InChI=1S/C17H23NO5S/c1-5-22-14(19)7-8-24-17(21)15(16(20)23-6-2)18-10-12(3)9-13(4)11-18/h9-11H,5-8H2,1-4H3/p+1. The third-order valence-electron chi connectivity index (χ3n) is 2.92. The van der Waals surface area contributed by atoms with E-state index in [1.165, 1.54) is 0 Å². The molecular weight excluding hydrogens is 330 g/mol. The van der Waals surface area contributed by atoms with Crippen molar-refractivity contribution >= 4 is 29.4 Å². The van der Waals surface area contributed by atoms with Crippen molar-refractivity contribution in [2.75, 3.05) is 19.0 Å². The Kier molecular flexibility index (Phi) is 8.32. The van der Waals surface area contributed by atoms with E-state index in [1.807, 2.05) is 19.9 Å². The number of hydrogen-bond acceptors (Lipinski definition) is 6. The first-order valence-electron chi connectivity index (χ1n) is 7.77. The number of thioether (sulfide) groups is 1. The number of ether oxygens (including phenoxy) is 2. The molecule has 0 fully saturated rings. The number of aliphatic hydroxyl groups excluding tert-OH is 1. The topological polar surface area (TPSA) is 76.7 Å². The van der Waals surface area contributed by atoms with Crippen molar-refractivity contribution in [1.82, 2.24) is 0 Å². The van der Waals surface area contributed by atoms with Crippen molar-refractivity contribution in [2.24, 2.45) is 0 Å². The third-order valence-corrected chi connectivity index (χ3v) is 3.80. The molecular formula is C17H24NO5S+. The molecule has 0 aromatic carbocycles. The molecule has 7 heteroatoms. The zero-order valence-corrected chi connectivity index (χ0v) is 15.3. The van der Waals surface area contributed by atoms with Gasteiger partial charge in [0.2, 0.25) is 5.09 Å². The Morgan fingerprint density at radius 1 is 1.12 bits per heavy atom. The summed E-state index contributed by atoms with van der Waals surface area (Å²) < 4.78 is 11.4. The number of rotatable bonds is 8. The van der Waals surface area contributed by atoms with Crippen LogP contribution in [-0.2, 0) is 19.1 Å². The number of aryl methyl sites for hydroxylation is 2. The molecule has 0 amide bonds. The molecule has 0 aliphatic carbocycles. The highest BCUT2D eigenvalue weighted by Gasteiger charge is 2.28. The molecule has 1 heterocycles. The van der Waals surface area contributed by atoms with Crippen molar-refractivity contribution < 1.29 is 28.7 Å². The van der Waals surface area contributed by atoms with Crippen LogP contribution in [0.4, 0.5) is 0 Å². The molecule has 0 aliphatic heterocycles. The number of pyridine rings is 1. The Labute approximate surface area is 146 Å². The lowest BCUT2D eigenvalue weighted by Crippen LogP contribution is -2.38. The fourth-order valence-corrected chi connectivity index (χ4v) is 2.86. The number of esters is 2. The first-order valence-corrected chi connectivity index (χ1v) is 8.76. The molecule has 0 bridgehead atoms. The van der Waals surface area contributed by atoms with Gasteiger partial charge >= 0.3 is 17.6 Å². The summed E-state index contributed by atoms with van der Waals surface area (Å²) in [6, 6.07) is 1.96. The number of aliphatic hydroxyl groups is 1. The number of nitrogens with zero attached hydrogens (tertiary/aromatic N) is 1.